The molecule has 0 fully saturated rings. The average Bonchev–Trinajstić information content (AvgIpc) is 2.95. The third kappa shape index (κ3) is 3.64. The first-order valence-corrected chi connectivity index (χ1v) is 9.50. The lowest BCUT2D eigenvalue weighted by Gasteiger charge is -2.16. The van der Waals surface area contributed by atoms with Gasteiger partial charge in [-0.25, -0.2) is 13.7 Å². The Kier molecular flexibility index (Phi) is 5.14. The van der Waals surface area contributed by atoms with Gasteiger partial charge in [0.15, 0.2) is 0 Å². The van der Waals surface area contributed by atoms with Crippen LogP contribution in [-0.2, 0) is 9.59 Å². The molecule has 7 heteroatoms. The second kappa shape index (κ2) is 7.89. The van der Waals surface area contributed by atoms with Crippen molar-refractivity contribution < 1.29 is 18.4 Å². The molecule has 144 valence electrons. The van der Waals surface area contributed by atoms with Gasteiger partial charge < -0.3 is 5.32 Å². The number of anilines is 2. The number of hydrogen-bond donors (Lipinski definition) is 1. The van der Waals surface area contributed by atoms with E-state index in [9.17, 15) is 18.4 Å². The number of nitrogens with one attached hydrogen (secondary N) is 1. The minimum atomic E-state index is -0.748. The minimum Gasteiger partial charge on any atom is -0.348 e. The highest BCUT2D eigenvalue weighted by Gasteiger charge is 2.41. The van der Waals surface area contributed by atoms with Gasteiger partial charge in [0.25, 0.3) is 11.8 Å². The number of imide groups is 1. The summed E-state index contributed by atoms with van der Waals surface area (Å²) in [4.78, 5) is 27.7. The van der Waals surface area contributed by atoms with Gasteiger partial charge in [0.05, 0.1) is 11.4 Å². The van der Waals surface area contributed by atoms with Crippen molar-refractivity contribution >= 4 is 35.0 Å². The molecule has 1 heterocycles. The molecule has 0 saturated heterocycles. The van der Waals surface area contributed by atoms with Gasteiger partial charge in [-0.05, 0) is 36.4 Å². The molecule has 3 aromatic carbocycles. The topological polar surface area (TPSA) is 49.4 Å². The van der Waals surface area contributed by atoms with Crippen LogP contribution in [0, 0.1) is 11.6 Å². The van der Waals surface area contributed by atoms with E-state index in [1.165, 1.54) is 42.5 Å². The molecule has 0 aliphatic carbocycles. The standard InChI is InChI=1S/C22H14F2N2O2S/c23-15-10-4-6-12-17(15)25-19-20(29-14-8-2-1-3-9-14)22(28)26(21(19)27)18-13-7-5-11-16(18)24/h1-13,25H. The largest absolute Gasteiger partial charge is 0.348 e. The lowest BCUT2D eigenvalue weighted by atomic mass is 10.2. The van der Waals surface area contributed by atoms with E-state index in [1.54, 1.807) is 30.3 Å². The highest BCUT2D eigenvalue weighted by Crippen LogP contribution is 2.38. The zero-order valence-electron chi connectivity index (χ0n) is 14.9. The van der Waals surface area contributed by atoms with Crippen molar-refractivity contribution in [3.63, 3.8) is 0 Å². The van der Waals surface area contributed by atoms with Crippen molar-refractivity contribution in [1.29, 1.82) is 0 Å². The molecule has 2 amide bonds. The Morgan fingerprint density at radius 2 is 1.34 bits per heavy atom. The maximum absolute atomic E-state index is 14.3. The van der Waals surface area contributed by atoms with E-state index in [1.807, 2.05) is 6.07 Å². The molecular formula is C22H14F2N2O2S. The number of para-hydroxylation sites is 2. The number of hydrogen-bond acceptors (Lipinski definition) is 4. The van der Waals surface area contributed by atoms with Gasteiger partial charge in [0, 0.05) is 4.90 Å². The Morgan fingerprint density at radius 3 is 2.03 bits per heavy atom. The summed E-state index contributed by atoms with van der Waals surface area (Å²) in [7, 11) is 0. The van der Waals surface area contributed by atoms with Gasteiger partial charge in [-0.3, -0.25) is 9.59 Å². The monoisotopic (exact) mass is 408 g/mol. The predicted octanol–water partition coefficient (Wildman–Crippen LogP) is 4.95. The minimum absolute atomic E-state index is 0.0465. The summed E-state index contributed by atoms with van der Waals surface area (Å²) in [6, 6.07) is 20.3. The van der Waals surface area contributed by atoms with Crippen molar-refractivity contribution in [3.05, 3.63) is 101 Å². The Balaban J connectivity index is 1.78. The molecule has 3 aromatic rings. The molecule has 0 atom stereocenters. The first-order chi connectivity index (χ1) is 14.1. The second-order valence-corrected chi connectivity index (χ2v) is 7.20. The summed E-state index contributed by atoms with van der Waals surface area (Å²) in [6.45, 7) is 0. The smallest absolute Gasteiger partial charge is 0.283 e. The van der Waals surface area contributed by atoms with Gasteiger partial charge in [0.2, 0.25) is 0 Å². The molecule has 4 nitrogen and oxygen atoms in total. The number of nitrogens with zero attached hydrogens (tertiary/aromatic N) is 1. The number of carbonyl (C=O) groups is 2. The molecule has 0 unspecified atom stereocenters. The molecule has 1 N–H and O–H groups in total. The molecule has 0 spiro atoms. The van der Waals surface area contributed by atoms with Crippen LogP contribution in [0.1, 0.15) is 0 Å². The number of halogens is 2. The van der Waals surface area contributed by atoms with Gasteiger partial charge in [-0.2, -0.15) is 0 Å². The second-order valence-electron chi connectivity index (χ2n) is 6.12. The van der Waals surface area contributed by atoms with Crippen LogP contribution in [0.2, 0.25) is 0 Å². The fourth-order valence-electron chi connectivity index (χ4n) is 2.87. The molecule has 4 rings (SSSR count). The van der Waals surface area contributed by atoms with Crippen LogP contribution < -0.4 is 10.2 Å². The van der Waals surface area contributed by atoms with Crippen LogP contribution in [0.25, 0.3) is 0 Å². The number of rotatable bonds is 5. The quantitative estimate of drug-likeness (QED) is 0.607. The molecule has 0 radical (unpaired) electrons. The third-order valence-corrected chi connectivity index (χ3v) is 5.32. The van der Waals surface area contributed by atoms with Crippen molar-refractivity contribution in [2.45, 2.75) is 4.90 Å². The van der Waals surface area contributed by atoms with E-state index < -0.39 is 23.4 Å². The van der Waals surface area contributed by atoms with Gasteiger partial charge in [-0.1, -0.05) is 54.2 Å². The van der Waals surface area contributed by atoms with Crippen molar-refractivity contribution in [1.82, 2.24) is 0 Å². The van der Waals surface area contributed by atoms with Crippen LogP contribution in [0.15, 0.2) is 94.4 Å². The average molecular weight is 408 g/mol. The van der Waals surface area contributed by atoms with Gasteiger partial charge in [-0.15, -0.1) is 0 Å². The summed E-state index contributed by atoms with van der Waals surface area (Å²) in [5.41, 5.74) is -0.207. The van der Waals surface area contributed by atoms with E-state index in [0.29, 0.717) is 4.90 Å². The van der Waals surface area contributed by atoms with Crippen LogP contribution in [0.4, 0.5) is 20.2 Å². The SMILES string of the molecule is O=C1C(Nc2ccccc2F)=C(Sc2ccccc2)C(=O)N1c1ccccc1F. The Bertz CT molecular complexity index is 1130. The van der Waals surface area contributed by atoms with Crippen molar-refractivity contribution in [2.24, 2.45) is 0 Å². The lowest BCUT2D eigenvalue weighted by Crippen LogP contribution is -2.33. The van der Waals surface area contributed by atoms with Crippen LogP contribution in [-0.4, -0.2) is 11.8 Å². The first-order valence-electron chi connectivity index (χ1n) is 8.68. The van der Waals surface area contributed by atoms with E-state index in [0.717, 1.165) is 16.7 Å². The highest BCUT2D eigenvalue weighted by atomic mass is 32.2. The molecule has 0 saturated carbocycles. The number of thioether (sulfide) groups is 1. The van der Waals surface area contributed by atoms with Crippen LogP contribution in [0.3, 0.4) is 0 Å². The molecule has 1 aliphatic heterocycles. The van der Waals surface area contributed by atoms with E-state index in [2.05, 4.69) is 5.32 Å². The first kappa shape index (κ1) is 18.9. The summed E-state index contributed by atoms with van der Waals surface area (Å²) in [6.07, 6.45) is 0. The highest BCUT2D eigenvalue weighted by molar-refractivity contribution is 8.04. The van der Waals surface area contributed by atoms with E-state index >= 15 is 0 Å². The summed E-state index contributed by atoms with van der Waals surface area (Å²) >= 11 is 1.06. The number of amides is 2. The maximum atomic E-state index is 14.3. The molecule has 1 aliphatic rings. The Hall–Kier alpha value is -3.45. The maximum Gasteiger partial charge on any atom is 0.283 e. The van der Waals surface area contributed by atoms with Gasteiger partial charge >= 0.3 is 0 Å². The Morgan fingerprint density at radius 1 is 0.724 bits per heavy atom. The molecule has 29 heavy (non-hydrogen) atoms. The Labute approximate surface area is 169 Å². The van der Waals surface area contributed by atoms with Crippen LogP contribution in [0.5, 0.6) is 0 Å². The van der Waals surface area contributed by atoms with E-state index in [-0.39, 0.29) is 22.0 Å². The summed E-state index contributed by atoms with van der Waals surface area (Å²) in [5, 5.41) is 2.73. The summed E-state index contributed by atoms with van der Waals surface area (Å²) in [5.74, 6) is -2.70. The molecular weight excluding hydrogens is 394 g/mol. The number of carbonyl (C=O) groups excluding carboxylic acids is 2. The zero-order chi connectivity index (χ0) is 20.4. The predicted molar refractivity (Wildman–Crippen MR) is 108 cm³/mol. The fraction of sp³-hybridized carbons (Fsp3) is 0. The van der Waals surface area contributed by atoms with E-state index in [4.69, 9.17) is 0 Å². The van der Waals surface area contributed by atoms with Crippen molar-refractivity contribution in [3.8, 4) is 0 Å². The van der Waals surface area contributed by atoms with Gasteiger partial charge in [0.1, 0.15) is 22.2 Å². The third-order valence-electron chi connectivity index (χ3n) is 4.23. The molecule has 0 bridgehead atoms. The fourth-order valence-corrected chi connectivity index (χ4v) is 3.82. The summed E-state index contributed by atoms with van der Waals surface area (Å²) < 4.78 is 28.5. The number of benzene rings is 3. The molecule has 0 aromatic heterocycles. The normalized spacial score (nSPS) is 13.9. The zero-order valence-corrected chi connectivity index (χ0v) is 15.7. The van der Waals surface area contributed by atoms with Crippen LogP contribution >= 0.6 is 11.8 Å². The van der Waals surface area contributed by atoms with Crippen molar-refractivity contribution in [2.75, 3.05) is 10.2 Å². The lowest BCUT2D eigenvalue weighted by molar-refractivity contribution is -0.120.